The van der Waals surface area contributed by atoms with E-state index in [1.807, 2.05) is 29.2 Å². The van der Waals surface area contributed by atoms with Crippen molar-refractivity contribution in [2.45, 2.75) is 0 Å². The van der Waals surface area contributed by atoms with Crippen molar-refractivity contribution in [3.05, 3.63) is 59.9 Å². The molecule has 28 heavy (non-hydrogen) atoms. The molecule has 2 amide bonds. The predicted molar refractivity (Wildman–Crippen MR) is 104 cm³/mol. The molecule has 2 N–H and O–H groups in total. The number of anilines is 1. The summed E-state index contributed by atoms with van der Waals surface area (Å²) in [7, 11) is 1.64. The van der Waals surface area contributed by atoms with Gasteiger partial charge in [-0.05, 0) is 48.5 Å². The van der Waals surface area contributed by atoms with Crippen LogP contribution in [-0.4, -0.2) is 56.5 Å². The summed E-state index contributed by atoms with van der Waals surface area (Å²) in [5.74, 6) is -0.387. The number of hydrogen-bond acceptors (Lipinski definition) is 5. The van der Waals surface area contributed by atoms with E-state index in [9.17, 15) is 14.0 Å². The smallest absolute Gasteiger partial charge is 0.269 e. The number of nitrogens with zero attached hydrogens (tertiary/aromatic N) is 2. The number of methoxy groups -OCH3 is 1. The highest BCUT2D eigenvalue weighted by Crippen LogP contribution is 2.20. The number of rotatable bonds is 5. The van der Waals surface area contributed by atoms with Crippen LogP contribution < -0.4 is 20.5 Å². The van der Waals surface area contributed by atoms with Gasteiger partial charge in [0.1, 0.15) is 11.6 Å². The number of halogens is 1. The zero-order chi connectivity index (χ0) is 19.9. The largest absolute Gasteiger partial charge is 0.497 e. The third-order valence-electron chi connectivity index (χ3n) is 4.60. The standard InChI is InChI=1S/C20H23FN4O3/c1-28-18-8-6-17(7-9-18)25-12-10-24(11-13-25)14-19(26)22-23-20(27)15-2-4-16(21)5-3-15/h2-9H,10-14H2,1H3,(H,22,26)(H,23,27). The lowest BCUT2D eigenvalue weighted by Gasteiger charge is -2.35. The van der Waals surface area contributed by atoms with Crippen LogP contribution in [0.3, 0.4) is 0 Å². The predicted octanol–water partition coefficient (Wildman–Crippen LogP) is 1.42. The highest BCUT2D eigenvalue weighted by atomic mass is 19.1. The van der Waals surface area contributed by atoms with Crippen LogP contribution >= 0.6 is 0 Å². The van der Waals surface area contributed by atoms with Gasteiger partial charge in [0.2, 0.25) is 0 Å². The van der Waals surface area contributed by atoms with Gasteiger partial charge in [0.15, 0.2) is 0 Å². The average Bonchev–Trinajstić information content (AvgIpc) is 2.73. The first kappa shape index (κ1) is 19.6. The van der Waals surface area contributed by atoms with Crippen LogP contribution in [0.5, 0.6) is 5.75 Å². The molecule has 1 saturated heterocycles. The van der Waals surface area contributed by atoms with Gasteiger partial charge in [0.25, 0.3) is 11.8 Å². The van der Waals surface area contributed by atoms with Crippen molar-refractivity contribution in [1.29, 1.82) is 0 Å². The summed E-state index contributed by atoms with van der Waals surface area (Å²) >= 11 is 0. The first-order chi connectivity index (χ1) is 13.5. The molecule has 0 aromatic heterocycles. The third-order valence-corrected chi connectivity index (χ3v) is 4.60. The van der Waals surface area contributed by atoms with E-state index >= 15 is 0 Å². The zero-order valence-corrected chi connectivity index (χ0v) is 15.7. The second kappa shape index (κ2) is 9.18. The van der Waals surface area contributed by atoms with E-state index in [4.69, 9.17) is 4.74 Å². The Bertz CT molecular complexity index is 803. The van der Waals surface area contributed by atoms with Gasteiger partial charge in [-0.3, -0.25) is 25.3 Å². The van der Waals surface area contributed by atoms with Crippen LogP contribution in [0.15, 0.2) is 48.5 Å². The van der Waals surface area contributed by atoms with Gasteiger partial charge < -0.3 is 9.64 Å². The van der Waals surface area contributed by atoms with Gasteiger partial charge >= 0.3 is 0 Å². The van der Waals surface area contributed by atoms with E-state index in [1.165, 1.54) is 24.3 Å². The van der Waals surface area contributed by atoms with E-state index in [1.54, 1.807) is 7.11 Å². The van der Waals surface area contributed by atoms with Crippen molar-refractivity contribution in [3.63, 3.8) is 0 Å². The molecule has 0 saturated carbocycles. The molecule has 8 heteroatoms. The number of ether oxygens (including phenoxy) is 1. The van der Waals surface area contributed by atoms with Crippen LogP contribution in [0.1, 0.15) is 10.4 Å². The van der Waals surface area contributed by atoms with Crippen LogP contribution in [-0.2, 0) is 4.79 Å². The van der Waals surface area contributed by atoms with Crippen molar-refractivity contribution in [1.82, 2.24) is 15.8 Å². The van der Waals surface area contributed by atoms with Gasteiger partial charge in [0, 0.05) is 37.4 Å². The Morgan fingerprint density at radius 2 is 1.61 bits per heavy atom. The first-order valence-electron chi connectivity index (χ1n) is 9.01. The molecule has 0 spiro atoms. The van der Waals surface area contributed by atoms with Gasteiger partial charge in [-0.15, -0.1) is 0 Å². The third kappa shape index (κ3) is 5.20. The molecule has 1 heterocycles. The van der Waals surface area contributed by atoms with Crippen molar-refractivity contribution >= 4 is 17.5 Å². The molecule has 3 rings (SSSR count). The summed E-state index contributed by atoms with van der Waals surface area (Å²) in [6, 6.07) is 13.0. The van der Waals surface area contributed by atoms with Gasteiger partial charge in [-0.1, -0.05) is 0 Å². The normalized spacial score (nSPS) is 14.4. The van der Waals surface area contributed by atoms with Gasteiger partial charge in [-0.25, -0.2) is 4.39 Å². The number of amides is 2. The number of carbonyl (C=O) groups is 2. The minimum atomic E-state index is -0.488. The van der Waals surface area contributed by atoms with Crippen molar-refractivity contribution in [3.8, 4) is 5.75 Å². The van der Waals surface area contributed by atoms with E-state index in [2.05, 4.69) is 15.8 Å². The van der Waals surface area contributed by atoms with E-state index < -0.39 is 11.7 Å². The van der Waals surface area contributed by atoms with Gasteiger partial charge in [-0.2, -0.15) is 0 Å². The number of piperazine rings is 1. The molecule has 1 fully saturated rings. The molecule has 1 aliphatic rings. The minimum Gasteiger partial charge on any atom is -0.497 e. The highest BCUT2D eigenvalue weighted by Gasteiger charge is 2.19. The van der Waals surface area contributed by atoms with E-state index in [0.717, 1.165) is 37.6 Å². The first-order valence-corrected chi connectivity index (χ1v) is 9.01. The summed E-state index contributed by atoms with van der Waals surface area (Å²) in [6.07, 6.45) is 0. The number of carbonyl (C=O) groups excluding carboxylic acids is 2. The highest BCUT2D eigenvalue weighted by molar-refractivity contribution is 5.95. The maximum atomic E-state index is 12.9. The summed E-state index contributed by atoms with van der Waals surface area (Å²) in [4.78, 5) is 28.3. The number of nitrogens with one attached hydrogen (secondary N) is 2. The number of hydrazine groups is 1. The second-order valence-electron chi connectivity index (χ2n) is 6.47. The summed E-state index contributed by atoms with van der Waals surface area (Å²) in [5.41, 5.74) is 6.14. The van der Waals surface area contributed by atoms with Gasteiger partial charge in [0.05, 0.1) is 13.7 Å². The fraction of sp³-hybridized carbons (Fsp3) is 0.300. The maximum absolute atomic E-state index is 12.9. The molecular weight excluding hydrogens is 363 g/mol. The molecule has 1 aliphatic heterocycles. The summed E-state index contributed by atoms with van der Waals surface area (Å²) < 4.78 is 18.1. The Hall–Kier alpha value is -3.13. The van der Waals surface area contributed by atoms with E-state index in [0.29, 0.717) is 0 Å². The van der Waals surface area contributed by atoms with Crippen LogP contribution in [0, 0.1) is 5.82 Å². The molecule has 0 atom stereocenters. The van der Waals surface area contributed by atoms with E-state index in [-0.39, 0.29) is 18.0 Å². The Labute approximate surface area is 163 Å². The second-order valence-corrected chi connectivity index (χ2v) is 6.47. The summed E-state index contributed by atoms with van der Waals surface area (Å²) in [6.45, 7) is 3.29. The topological polar surface area (TPSA) is 73.9 Å². The molecule has 0 radical (unpaired) electrons. The van der Waals surface area contributed by atoms with Crippen molar-refractivity contribution in [2.24, 2.45) is 0 Å². The van der Waals surface area contributed by atoms with Crippen LogP contribution in [0.25, 0.3) is 0 Å². The molecule has 2 aromatic carbocycles. The molecule has 0 aliphatic carbocycles. The SMILES string of the molecule is COc1ccc(N2CCN(CC(=O)NNC(=O)c3ccc(F)cc3)CC2)cc1. The number of benzene rings is 2. The quantitative estimate of drug-likeness (QED) is 0.761. The Morgan fingerprint density at radius 1 is 0.964 bits per heavy atom. The number of hydrogen-bond donors (Lipinski definition) is 2. The fourth-order valence-corrected chi connectivity index (χ4v) is 3.00. The minimum absolute atomic E-state index is 0.195. The van der Waals surface area contributed by atoms with Crippen molar-refractivity contribution in [2.75, 3.05) is 44.7 Å². The van der Waals surface area contributed by atoms with Crippen molar-refractivity contribution < 1.29 is 18.7 Å². The molecule has 0 bridgehead atoms. The zero-order valence-electron chi connectivity index (χ0n) is 15.7. The molecular formula is C20H23FN4O3. The summed E-state index contributed by atoms with van der Waals surface area (Å²) in [5, 5.41) is 0. The maximum Gasteiger partial charge on any atom is 0.269 e. The fourth-order valence-electron chi connectivity index (χ4n) is 3.00. The monoisotopic (exact) mass is 386 g/mol. The Balaban J connectivity index is 1.40. The lowest BCUT2D eigenvalue weighted by Crippen LogP contribution is -2.52. The molecule has 148 valence electrons. The van der Waals surface area contributed by atoms with Crippen LogP contribution in [0.4, 0.5) is 10.1 Å². The Morgan fingerprint density at radius 3 is 2.21 bits per heavy atom. The lowest BCUT2D eigenvalue weighted by atomic mass is 10.2. The Kier molecular flexibility index (Phi) is 6.44. The molecule has 7 nitrogen and oxygen atoms in total. The molecule has 0 unspecified atom stereocenters. The van der Waals surface area contributed by atoms with Crippen LogP contribution in [0.2, 0.25) is 0 Å². The average molecular weight is 386 g/mol. The lowest BCUT2D eigenvalue weighted by molar-refractivity contribution is -0.123. The molecule has 2 aromatic rings.